The molecule has 0 fully saturated rings. The summed E-state index contributed by atoms with van der Waals surface area (Å²) in [6.07, 6.45) is 4.28. The Hall–Kier alpha value is -2.67. The Balaban J connectivity index is 1.99. The minimum atomic E-state index is -0.182. The molecule has 176 valence electrons. The lowest BCUT2D eigenvalue weighted by atomic mass is 9.99. The van der Waals surface area contributed by atoms with Crippen molar-refractivity contribution >= 4 is 33.0 Å². The van der Waals surface area contributed by atoms with Gasteiger partial charge >= 0.3 is 0 Å². The summed E-state index contributed by atoms with van der Waals surface area (Å²) in [6.45, 7) is 11.5. The lowest BCUT2D eigenvalue weighted by molar-refractivity contribution is 0.188. The van der Waals surface area contributed by atoms with E-state index in [9.17, 15) is 4.79 Å². The maximum absolute atomic E-state index is 13.2. The second-order valence-corrected chi connectivity index (χ2v) is 10.1. The zero-order valence-corrected chi connectivity index (χ0v) is 21.6. The molecule has 0 aliphatic rings. The van der Waals surface area contributed by atoms with Crippen LogP contribution in [0.4, 0.5) is 0 Å². The molecule has 0 aliphatic carbocycles. The molecule has 0 saturated carbocycles. The molecule has 33 heavy (non-hydrogen) atoms. The highest BCUT2D eigenvalue weighted by Crippen LogP contribution is 2.30. The molecule has 0 bridgehead atoms. The van der Waals surface area contributed by atoms with Crippen LogP contribution in [0, 0.1) is 5.41 Å². The molecule has 6 nitrogen and oxygen atoms in total. The van der Waals surface area contributed by atoms with Gasteiger partial charge < -0.3 is 9.47 Å². The van der Waals surface area contributed by atoms with Gasteiger partial charge in [0, 0.05) is 10.9 Å². The molecule has 0 saturated heterocycles. The van der Waals surface area contributed by atoms with Crippen molar-refractivity contribution in [1.82, 2.24) is 9.66 Å². The second kappa shape index (κ2) is 11.0. The minimum absolute atomic E-state index is 0.0394. The van der Waals surface area contributed by atoms with E-state index in [1.54, 1.807) is 12.3 Å². The van der Waals surface area contributed by atoms with Crippen LogP contribution in [0.1, 0.15) is 58.8 Å². The molecule has 1 aromatic heterocycles. The van der Waals surface area contributed by atoms with Gasteiger partial charge in [0.15, 0.2) is 11.5 Å². The van der Waals surface area contributed by atoms with Gasteiger partial charge in [0.05, 0.1) is 30.3 Å². The number of rotatable bonds is 9. The summed E-state index contributed by atoms with van der Waals surface area (Å²) in [6, 6.07) is 11.2. The van der Waals surface area contributed by atoms with Crippen LogP contribution in [-0.4, -0.2) is 29.1 Å². The predicted octanol–water partition coefficient (Wildman–Crippen LogP) is 6.21. The van der Waals surface area contributed by atoms with E-state index in [-0.39, 0.29) is 11.0 Å². The Morgan fingerprint density at radius 3 is 2.58 bits per heavy atom. The van der Waals surface area contributed by atoms with Crippen molar-refractivity contribution in [3.8, 4) is 11.5 Å². The second-order valence-electron chi connectivity index (χ2n) is 9.14. The summed E-state index contributed by atoms with van der Waals surface area (Å²) in [4.78, 5) is 18.0. The summed E-state index contributed by atoms with van der Waals surface area (Å²) in [5, 5.41) is 5.06. The number of hydrogen-bond donors (Lipinski definition) is 0. The number of ether oxygens (including phenoxy) is 2. The van der Waals surface area contributed by atoms with Crippen molar-refractivity contribution in [2.45, 2.75) is 53.9 Å². The first-order chi connectivity index (χ1) is 15.7. The number of aromatic nitrogens is 2. The fraction of sp³-hybridized carbons (Fsp3) is 0.423. The zero-order chi connectivity index (χ0) is 24.0. The van der Waals surface area contributed by atoms with Crippen LogP contribution in [0.3, 0.4) is 0 Å². The van der Waals surface area contributed by atoms with Gasteiger partial charge in [-0.2, -0.15) is 9.78 Å². The summed E-state index contributed by atoms with van der Waals surface area (Å²) in [5.74, 6) is 2.01. The lowest BCUT2D eigenvalue weighted by Crippen LogP contribution is -2.22. The van der Waals surface area contributed by atoms with Crippen LogP contribution in [-0.2, 0) is 6.42 Å². The highest BCUT2D eigenvalue weighted by Gasteiger charge is 2.14. The topological polar surface area (TPSA) is 65.7 Å². The molecule has 0 radical (unpaired) electrons. The summed E-state index contributed by atoms with van der Waals surface area (Å²) in [5.41, 5.74) is 1.35. The van der Waals surface area contributed by atoms with Crippen molar-refractivity contribution in [2.24, 2.45) is 10.5 Å². The molecule has 7 heteroatoms. The van der Waals surface area contributed by atoms with E-state index in [1.165, 1.54) is 4.68 Å². The number of hydrogen-bond acceptors (Lipinski definition) is 5. The predicted molar refractivity (Wildman–Crippen MR) is 138 cm³/mol. The van der Waals surface area contributed by atoms with E-state index >= 15 is 0 Å². The first-order valence-electron chi connectivity index (χ1n) is 11.4. The summed E-state index contributed by atoms with van der Waals surface area (Å²) < 4.78 is 14.0. The maximum Gasteiger partial charge on any atom is 0.282 e. The van der Waals surface area contributed by atoms with E-state index < -0.39 is 0 Å². The summed E-state index contributed by atoms with van der Waals surface area (Å²) >= 11 is 3.44. The van der Waals surface area contributed by atoms with Crippen LogP contribution in [0.25, 0.3) is 10.9 Å². The molecule has 0 spiro atoms. The van der Waals surface area contributed by atoms with E-state index in [4.69, 9.17) is 14.5 Å². The first kappa shape index (κ1) is 25.0. The van der Waals surface area contributed by atoms with E-state index in [0.29, 0.717) is 47.9 Å². The largest absolute Gasteiger partial charge is 0.490 e. The average molecular weight is 514 g/mol. The molecule has 2 aromatic carbocycles. The lowest BCUT2D eigenvalue weighted by Gasteiger charge is -2.20. The molecular weight excluding hydrogens is 482 g/mol. The van der Waals surface area contributed by atoms with Crippen molar-refractivity contribution < 1.29 is 9.47 Å². The third-order valence-corrected chi connectivity index (χ3v) is 5.37. The monoisotopic (exact) mass is 513 g/mol. The minimum Gasteiger partial charge on any atom is -0.490 e. The molecule has 3 aromatic rings. The average Bonchev–Trinajstić information content (AvgIpc) is 2.76. The van der Waals surface area contributed by atoms with Gasteiger partial charge in [-0.05, 0) is 60.7 Å². The van der Waals surface area contributed by atoms with Crippen LogP contribution in [0.5, 0.6) is 11.5 Å². The van der Waals surface area contributed by atoms with Crippen molar-refractivity contribution in [3.05, 3.63) is 62.6 Å². The van der Waals surface area contributed by atoms with Gasteiger partial charge in [0.25, 0.3) is 5.56 Å². The number of unbranched alkanes of at least 4 members (excludes halogenated alkanes) is 1. The molecule has 0 aliphatic heterocycles. The maximum atomic E-state index is 13.2. The van der Waals surface area contributed by atoms with E-state index in [0.717, 1.165) is 22.9 Å². The van der Waals surface area contributed by atoms with E-state index in [1.807, 2.05) is 37.3 Å². The number of aryl methyl sites for hydroxylation is 1. The van der Waals surface area contributed by atoms with Gasteiger partial charge in [0.2, 0.25) is 0 Å². The third kappa shape index (κ3) is 6.67. The molecule has 1 heterocycles. The first-order valence-corrected chi connectivity index (χ1v) is 12.2. The van der Waals surface area contributed by atoms with Crippen LogP contribution < -0.4 is 15.0 Å². The number of benzene rings is 2. The highest BCUT2D eigenvalue weighted by atomic mass is 79.9. The smallest absolute Gasteiger partial charge is 0.282 e. The zero-order valence-electron chi connectivity index (χ0n) is 20.0. The molecule has 0 atom stereocenters. The standard InChI is InChI=1S/C26H32BrN3O3/c1-6-8-9-24-29-21-12-11-19(27)15-20(21)25(31)30(24)28-16-18-10-13-22(23(14-18)32-7-2)33-17-26(3,4)5/h10-16H,6-9,17H2,1-5H3. The Morgan fingerprint density at radius 1 is 1.09 bits per heavy atom. The Morgan fingerprint density at radius 2 is 1.88 bits per heavy atom. The van der Waals surface area contributed by atoms with Crippen molar-refractivity contribution in [1.29, 1.82) is 0 Å². The third-order valence-electron chi connectivity index (χ3n) is 4.88. The van der Waals surface area contributed by atoms with Crippen molar-refractivity contribution in [2.75, 3.05) is 13.2 Å². The van der Waals surface area contributed by atoms with Crippen LogP contribution in [0.2, 0.25) is 0 Å². The van der Waals surface area contributed by atoms with Crippen LogP contribution in [0.15, 0.2) is 50.8 Å². The van der Waals surface area contributed by atoms with Gasteiger partial charge in [-0.1, -0.05) is 50.0 Å². The number of halogens is 1. The van der Waals surface area contributed by atoms with Crippen LogP contribution >= 0.6 is 15.9 Å². The Bertz CT molecular complexity index is 1200. The molecule has 0 N–H and O–H groups in total. The van der Waals surface area contributed by atoms with E-state index in [2.05, 4.69) is 48.7 Å². The Labute approximate surface area is 203 Å². The summed E-state index contributed by atoms with van der Waals surface area (Å²) in [7, 11) is 0. The highest BCUT2D eigenvalue weighted by molar-refractivity contribution is 9.10. The molecule has 0 amide bonds. The molecule has 0 unspecified atom stereocenters. The van der Waals surface area contributed by atoms with Gasteiger partial charge in [-0.25, -0.2) is 4.98 Å². The van der Waals surface area contributed by atoms with Gasteiger partial charge in [-0.3, -0.25) is 4.79 Å². The molecule has 3 rings (SSSR count). The SMILES string of the molecule is CCCCc1nc2ccc(Br)cc2c(=O)n1N=Cc1ccc(OCC(C)(C)C)c(OCC)c1. The normalized spacial score (nSPS) is 11.9. The fourth-order valence-electron chi connectivity index (χ4n) is 3.22. The fourth-order valence-corrected chi connectivity index (χ4v) is 3.58. The number of fused-ring (bicyclic) bond motifs is 1. The number of nitrogens with zero attached hydrogens (tertiary/aromatic N) is 3. The van der Waals surface area contributed by atoms with Gasteiger partial charge in [-0.15, -0.1) is 0 Å². The quantitative estimate of drug-likeness (QED) is 0.319. The molecular formula is C26H32BrN3O3. The van der Waals surface area contributed by atoms with Crippen molar-refractivity contribution in [3.63, 3.8) is 0 Å². The Kier molecular flexibility index (Phi) is 8.30. The van der Waals surface area contributed by atoms with Gasteiger partial charge in [0.1, 0.15) is 5.82 Å².